The third kappa shape index (κ3) is 1.62. The van der Waals surface area contributed by atoms with Gasteiger partial charge in [0.25, 0.3) is 0 Å². The van der Waals surface area contributed by atoms with Crippen molar-refractivity contribution >= 4 is 5.82 Å². The summed E-state index contributed by atoms with van der Waals surface area (Å²) in [5.74, 6) is 4.73. The summed E-state index contributed by atoms with van der Waals surface area (Å²) in [6, 6.07) is 0. The van der Waals surface area contributed by atoms with Gasteiger partial charge in [-0.25, -0.2) is 20.2 Å². The Hall–Kier alpha value is -2.09. The number of aromatic amines is 1. The number of nitrogens with two attached hydrogens (primary N) is 1. The van der Waals surface area contributed by atoms with Gasteiger partial charge in [0.2, 0.25) is 0 Å². The molecule has 0 aromatic carbocycles. The molecule has 2 heterocycles. The molecule has 0 amide bonds. The van der Waals surface area contributed by atoms with Gasteiger partial charge < -0.3 is 5.43 Å². The minimum absolute atomic E-state index is 0.0690. The SMILES string of the molecule is Cc1nc(-c2cn[nH]n2)nc(NN)c1F. The number of aryl methyl sites for hydroxylation is 1. The molecule has 0 saturated heterocycles. The molecule has 0 radical (unpaired) electrons. The molecular weight excluding hydrogens is 201 g/mol. The first kappa shape index (κ1) is 9.46. The Morgan fingerprint density at radius 2 is 2.27 bits per heavy atom. The zero-order valence-corrected chi connectivity index (χ0v) is 7.82. The van der Waals surface area contributed by atoms with Crippen molar-refractivity contribution in [3.05, 3.63) is 17.7 Å². The van der Waals surface area contributed by atoms with Crippen LogP contribution >= 0.6 is 0 Å². The van der Waals surface area contributed by atoms with E-state index in [1.54, 1.807) is 0 Å². The summed E-state index contributed by atoms with van der Waals surface area (Å²) in [4.78, 5) is 7.77. The monoisotopic (exact) mass is 209 g/mol. The Labute approximate surface area is 83.9 Å². The Bertz CT molecular complexity index is 466. The smallest absolute Gasteiger partial charge is 0.187 e. The van der Waals surface area contributed by atoms with Crippen LogP contribution in [0.2, 0.25) is 0 Å². The molecule has 0 aliphatic rings. The molecule has 0 unspecified atom stereocenters. The van der Waals surface area contributed by atoms with Crippen molar-refractivity contribution < 1.29 is 4.39 Å². The van der Waals surface area contributed by atoms with Crippen LogP contribution < -0.4 is 11.3 Å². The summed E-state index contributed by atoms with van der Waals surface area (Å²) >= 11 is 0. The van der Waals surface area contributed by atoms with Crippen molar-refractivity contribution in [2.24, 2.45) is 5.84 Å². The van der Waals surface area contributed by atoms with Crippen LogP contribution in [-0.2, 0) is 0 Å². The molecule has 0 saturated carbocycles. The van der Waals surface area contributed by atoms with Crippen LogP contribution in [0.5, 0.6) is 0 Å². The Balaban J connectivity index is 2.55. The molecule has 0 atom stereocenters. The van der Waals surface area contributed by atoms with Gasteiger partial charge in [0.05, 0.1) is 11.9 Å². The fraction of sp³-hybridized carbons (Fsp3) is 0.143. The normalized spacial score (nSPS) is 10.3. The summed E-state index contributed by atoms with van der Waals surface area (Å²) in [7, 11) is 0. The first-order chi connectivity index (χ1) is 7.22. The minimum Gasteiger partial charge on any atom is -0.306 e. The molecule has 7 nitrogen and oxygen atoms in total. The fourth-order valence-electron chi connectivity index (χ4n) is 1.08. The highest BCUT2D eigenvalue weighted by molar-refractivity contribution is 5.51. The van der Waals surface area contributed by atoms with E-state index in [1.807, 2.05) is 0 Å². The van der Waals surface area contributed by atoms with E-state index in [0.717, 1.165) is 0 Å². The number of H-pyrrole nitrogens is 1. The van der Waals surface area contributed by atoms with Crippen molar-refractivity contribution in [3.63, 3.8) is 0 Å². The number of nitrogens with one attached hydrogen (secondary N) is 2. The molecule has 15 heavy (non-hydrogen) atoms. The summed E-state index contributed by atoms with van der Waals surface area (Å²) in [5.41, 5.74) is 2.77. The molecular formula is C7H8FN7. The maximum absolute atomic E-state index is 13.3. The lowest BCUT2D eigenvalue weighted by atomic mass is 10.3. The molecule has 2 aromatic heterocycles. The van der Waals surface area contributed by atoms with Crippen LogP contribution in [0.25, 0.3) is 11.5 Å². The van der Waals surface area contributed by atoms with Gasteiger partial charge in [-0.05, 0) is 6.92 Å². The summed E-state index contributed by atoms with van der Waals surface area (Å²) in [6.07, 6.45) is 1.44. The van der Waals surface area contributed by atoms with Gasteiger partial charge in [0.1, 0.15) is 5.69 Å². The number of hydrogen-bond acceptors (Lipinski definition) is 6. The first-order valence-corrected chi connectivity index (χ1v) is 4.09. The molecule has 0 aliphatic heterocycles. The number of nitrogen functional groups attached to an aromatic ring is 1. The third-order valence-corrected chi connectivity index (χ3v) is 1.80. The van der Waals surface area contributed by atoms with Gasteiger partial charge in [-0.1, -0.05) is 0 Å². The predicted molar refractivity (Wildman–Crippen MR) is 49.9 cm³/mol. The molecule has 8 heteroatoms. The third-order valence-electron chi connectivity index (χ3n) is 1.80. The zero-order chi connectivity index (χ0) is 10.8. The van der Waals surface area contributed by atoms with Gasteiger partial charge in [-0.2, -0.15) is 15.4 Å². The highest BCUT2D eigenvalue weighted by atomic mass is 19.1. The Kier molecular flexibility index (Phi) is 2.26. The molecule has 2 rings (SSSR count). The van der Waals surface area contributed by atoms with Crippen LogP contribution in [0.1, 0.15) is 5.69 Å². The minimum atomic E-state index is -0.579. The quantitative estimate of drug-likeness (QED) is 0.474. The van der Waals surface area contributed by atoms with E-state index in [1.165, 1.54) is 13.1 Å². The average molecular weight is 209 g/mol. The van der Waals surface area contributed by atoms with E-state index in [2.05, 4.69) is 30.8 Å². The Morgan fingerprint density at radius 1 is 1.47 bits per heavy atom. The maximum atomic E-state index is 13.3. The number of nitrogens with zero attached hydrogens (tertiary/aromatic N) is 4. The van der Waals surface area contributed by atoms with Crippen molar-refractivity contribution in [1.29, 1.82) is 0 Å². The van der Waals surface area contributed by atoms with Crippen molar-refractivity contribution in [2.45, 2.75) is 6.92 Å². The predicted octanol–water partition coefficient (Wildman–Crippen LogP) is -0.00518. The summed E-state index contributed by atoms with van der Waals surface area (Å²) in [5, 5.41) is 9.80. The second-order valence-corrected chi connectivity index (χ2v) is 2.79. The van der Waals surface area contributed by atoms with Crippen LogP contribution in [-0.4, -0.2) is 25.4 Å². The highest BCUT2D eigenvalue weighted by Crippen LogP contribution is 2.17. The van der Waals surface area contributed by atoms with Gasteiger partial charge in [0, 0.05) is 0 Å². The lowest BCUT2D eigenvalue weighted by Gasteiger charge is -2.04. The topological polar surface area (TPSA) is 105 Å². The van der Waals surface area contributed by atoms with Crippen molar-refractivity contribution in [2.75, 3.05) is 5.43 Å². The van der Waals surface area contributed by atoms with Crippen LogP contribution in [0.3, 0.4) is 0 Å². The maximum Gasteiger partial charge on any atom is 0.187 e. The van der Waals surface area contributed by atoms with E-state index in [-0.39, 0.29) is 17.3 Å². The first-order valence-electron chi connectivity index (χ1n) is 4.09. The Morgan fingerprint density at radius 3 is 2.87 bits per heavy atom. The highest BCUT2D eigenvalue weighted by Gasteiger charge is 2.12. The van der Waals surface area contributed by atoms with Gasteiger partial charge in [-0.15, -0.1) is 0 Å². The van der Waals surface area contributed by atoms with Gasteiger partial charge in [0.15, 0.2) is 17.5 Å². The van der Waals surface area contributed by atoms with Crippen LogP contribution in [0.15, 0.2) is 6.20 Å². The summed E-state index contributed by atoms with van der Waals surface area (Å²) < 4.78 is 13.3. The molecule has 0 bridgehead atoms. The lowest BCUT2D eigenvalue weighted by molar-refractivity contribution is 0.606. The van der Waals surface area contributed by atoms with E-state index in [4.69, 9.17) is 5.84 Å². The molecule has 0 spiro atoms. The molecule has 0 fully saturated rings. The zero-order valence-electron chi connectivity index (χ0n) is 7.82. The number of halogens is 1. The van der Waals surface area contributed by atoms with E-state index in [0.29, 0.717) is 5.69 Å². The largest absolute Gasteiger partial charge is 0.306 e. The van der Waals surface area contributed by atoms with Crippen LogP contribution in [0, 0.1) is 12.7 Å². The molecule has 0 aliphatic carbocycles. The number of anilines is 1. The number of aromatic nitrogens is 5. The van der Waals surface area contributed by atoms with Crippen molar-refractivity contribution in [1.82, 2.24) is 25.4 Å². The van der Waals surface area contributed by atoms with Crippen molar-refractivity contribution in [3.8, 4) is 11.5 Å². The fourth-order valence-corrected chi connectivity index (χ4v) is 1.08. The second kappa shape index (κ2) is 3.58. The number of hydrazine groups is 1. The van der Waals surface area contributed by atoms with E-state index < -0.39 is 5.82 Å². The lowest BCUT2D eigenvalue weighted by Crippen LogP contribution is -2.13. The number of hydrogen-bond donors (Lipinski definition) is 3. The second-order valence-electron chi connectivity index (χ2n) is 2.79. The van der Waals surface area contributed by atoms with Gasteiger partial charge in [-0.3, -0.25) is 0 Å². The number of rotatable bonds is 2. The molecule has 2 aromatic rings. The van der Waals surface area contributed by atoms with Crippen LogP contribution in [0.4, 0.5) is 10.2 Å². The average Bonchev–Trinajstić information content (AvgIpc) is 2.75. The van der Waals surface area contributed by atoms with E-state index >= 15 is 0 Å². The molecule has 78 valence electrons. The summed E-state index contributed by atoms with van der Waals surface area (Å²) in [6.45, 7) is 1.52. The standard InChI is InChI=1S/C7H8FN7/c1-3-5(8)7(13-9)12-6(11-3)4-2-10-15-14-4/h2H,9H2,1H3,(H,10,14,15)(H,11,12,13). The molecule has 4 N–H and O–H groups in total. The van der Waals surface area contributed by atoms with Gasteiger partial charge >= 0.3 is 0 Å². The van der Waals surface area contributed by atoms with E-state index in [9.17, 15) is 4.39 Å².